The zero-order valence-electron chi connectivity index (χ0n) is 13.4. The molecular weight excluding hydrogens is 324 g/mol. The Morgan fingerprint density at radius 2 is 1.88 bits per heavy atom. The minimum Gasteiger partial charge on any atom is -0.354 e. The van der Waals surface area contributed by atoms with Gasteiger partial charge in [-0.25, -0.2) is 13.4 Å². The fraction of sp³-hybridized carbons (Fsp3) is 0.294. The molecule has 0 N–H and O–H groups in total. The summed E-state index contributed by atoms with van der Waals surface area (Å²) in [5, 5.41) is 8.81. The van der Waals surface area contributed by atoms with E-state index in [0.29, 0.717) is 36.6 Å². The number of rotatable bonds is 3. The summed E-state index contributed by atoms with van der Waals surface area (Å²) < 4.78 is 27.0. The number of hydrogen-bond acceptors (Lipinski definition) is 5. The van der Waals surface area contributed by atoms with Crippen LogP contribution < -0.4 is 4.90 Å². The fourth-order valence-electron chi connectivity index (χ4n) is 2.72. The highest BCUT2D eigenvalue weighted by Gasteiger charge is 2.28. The van der Waals surface area contributed by atoms with Gasteiger partial charge in [0, 0.05) is 32.4 Å². The van der Waals surface area contributed by atoms with Gasteiger partial charge in [0.2, 0.25) is 10.0 Å². The molecule has 1 aromatic carbocycles. The lowest BCUT2D eigenvalue weighted by Gasteiger charge is -2.34. The average Bonchev–Trinajstić information content (AvgIpc) is 2.62. The molecule has 1 aromatic heterocycles. The Kier molecular flexibility index (Phi) is 4.51. The second-order valence-electron chi connectivity index (χ2n) is 5.72. The Balaban J connectivity index is 1.71. The van der Waals surface area contributed by atoms with E-state index >= 15 is 0 Å². The van der Waals surface area contributed by atoms with Crippen LogP contribution in [0.5, 0.6) is 0 Å². The number of pyridine rings is 1. The first-order valence-electron chi connectivity index (χ1n) is 7.68. The summed E-state index contributed by atoms with van der Waals surface area (Å²) in [6.45, 7) is 3.86. The van der Waals surface area contributed by atoms with Crippen LogP contribution in [-0.2, 0) is 10.0 Å². The van der Waals surface area contributed by atoms with Crippen molar-refractivity contribution in [3.8, 4) is 6.07 Å². The van der Waals surface area contributed by atoms with E-state index in [-0.39, 0.29) is 0 Å². The maximum atomic E-state index is 12.7. The number of anilines is 1. The normalized spacial score (nSPS) is 15.9. The molecule has 1 fully saturated rings. The first kappa shape index (κ1) is 16.4. The van der Waals surface area contributed by atoms with Crippen LogP contribution in [0.15, 0.2) is 47.5 Å². The average molecular weight is 342 g/mol. The number of aromatic nitrogens is 1. The highest BCUT2D eigenvalue weighted by atomic mass is 32.2. The summed E-state index contributed by atoms with van der Waals surface area (Å²) in [6, 6.07) is 12.5. The van der Waals surface area contributed by atoms with Gasteiger partial charge >= 0.3 is 0 Å². The van der Waals surface area contributed by atoms with Crippen LogP contribution in [0.25, 0.3) is 0 Å². The first-order chi connectivity index (χ1) is 11.5. The molecule has 1 aliphatic heterocycles. The van der Waals surface area contributed by atoms with Crippen LogP contribution >= 0.6 is 0 Å². The molecule has 0 saturated carbocycles. The molecule has 0 unspecified atom stereocenters. The minimum absolute atomic E-state index is 0.340. The van der Waals surface area contributed by atoms with Crippen LogP contribution in [0.2, 0.25) is 0 Å². The molecule has 0 bridgehead atoms. The topological polar surface area (TPSA) is 77.3 Å². The predicted octanol–water partition coefficient (Wildman–Crippen LogP) is 1.77. The summed E-state index contributed by atoms with van der Waals surface area (Å²) >= 11 is 0. The Morgan fingerprint density at radius 3 is 2.46 bits per heavy atom. The van der Waals surface area contributed by atoms with Crippen LogP contribution in [-0.4, -0.2) is 43.9 Å². The van der Waals surface area contributed by atoms with Gasteiger partial charge in [0.15, 0.2) is 0 Å². The molecule has 0 aliphatic carbocycles. The Morgan fingerprint density at radius 1 is 1.12 bits per heavy atom. The second-order valence-corrected chi connectivity index (χ2v) is 7.66. The molecule has 0 atom stereocenters. The van der Waals surface area contributed by atoms with Crippen LogP contribution in [0.1, 0.15) is 11.1 Å². The number of nitriles is 1. The third-order valence-electron chi connectivity index (χ3n) is 4.07. The van der Waals surface area contributed by atoms with Crippen molar-refractivity contribution >= 4 is 15.8 Å². The van der Waals surface area contributed by atoms with Crippen molar-refractivity contribution in [2.75, 3.05) is 31.1 Å². The number of aryl methyl sites for hydroxylation is 1. The Bertz CT molecular complexity index is 864. The molecule has 0 spiro atoms. The maximum Gasteiger partial charge on any atom is 0.243 e. The molecule has 7 heteroatoms. The molecule has 1 saturated heterocycles. The Labute approximate surface area is 142 Å². The van der Waals surface area contributed by atoms with Gasteiger partial charge in [-0.2, -0.15) is 9.57 Å². The van der Waals surface area contributed by atoms with Gasteiger partial charge in [-0.15, -0.1) is 0 Å². The molecule has 2 heterocycles. The third kappa shape index (κ3) is 3.25. The van der Waals surface area contributed by atoms with E-state index in [1.165, 1.54) is 10.5 Å². The Hall–Kier alpha value is -2.43. The number of nitrogens with zero attached hydrogens (tertiary/aromatic N) is 4. The quantitative estimate of drug-likeness (QED) is 0.849. The van der Waals surface area contributed by atoms with Gasteiger partial charge in [-0.05, 0) is 36.8 Å². The van der Waals surface area contributed by atoms with Gasteiger partial charge in [0.1, 0.15) is 11.9 Å². The number of benzene rings is 1. The fourth-order valence-corrected chi connectivity index (χ4v) is 4.25. The van der Waals surface area contributed by atoms with E-state index in [4.69, 9.17) is 5.26 Å². The molecule has 1 aliphatic rings. The number of sulfonamides is 1. The van der Waals surface area contributed by atoms with Gasteiger partial charge < -0.3 is 4.90 Å². The molecule has 0 amide bonds. The highest BCUT2D eigenvalue weighted by Crippen LogP contribution is 2.20. The first-order valence-corrected chi connectivity index (χ1v) is 9.12. The van der Waals surface area contributed by atoms with E-state index in [9.17, 15) is 8.42 Å². The summed E-state index contributed by atoms with van der Waals surface area (Å²) in [5.74, 6) is 0.765. The maximum absolute atomic E-state index is 12.7. The van der Waals surface area contributed by atoms with Crippen molar-refractivity contribution < 1.29 is 8.42 Å². The van der Waals surface area contributed by atoms with Crippen molar-refractivity contribution in [1.82, 2.24) is 9.29 Å². The molecule has 124 valence electrons. The standard InChI is InChI=1S/C17H18N4O2S/c1-14-3-2-4-16(11-14)24(22,23)21-9-7-20(8-10-21)17-6-5-15(12-18)13-19-17/h2-6,11,13H,7-10H2,1H3. The molecule has 6 nitrogen and oxygen atoms in total. The lowest BCUT2D eigenvalue weighted by atomic mass is 10.2. The zero-order chi connectivity index (χ0) is 17.2. The van der Waals surface area contributed by atoms with Crippen LogP contribution in [0.4, 0.5) is 5.82 Å². The lowest BCUT2D eigenvalue weighted by Crippen LogP contribution is -2.48. The van der Waals surface area contributed by atoms with E-state index < -0.39 is 10.0 Å². The SMILES string of the molecule is Cc1cccc(S(=O)(=O)N2CCN(c3ccc(C#N)cn3)CC2)c1. The largest absolute Gasteiger partial charge is 0.354 e. The summed E-state index contributed by atoms with van der Waals surface area (Å²) in [7, 11) is -3.46. The summed E-state index contributed by atoms with van der Waals surface area (Å²) in [6.07, 6.45) is 1.53. The lowest BCUT2D eigenvalue weighted by molar-refractivity contribution is 0.384. The van der Waals surface area contributed by atoms with Crippen molar-refractivity contribution in [3.63, 3.8) is 0 Å². The number of piperazine rings is 1. The van der Waals surface area contributed by atoms with Gasteiger partial charge in [-0.1, -0.05) is 12.1 Å². The van der Waals surface area contributed by atoms with Crippen LogP contribution in [0, 0.1) is 18.3 Å². The smallest absolute Gasteiger partial charge is 0.243 e. The molecule has 24 heavy (non-hydrogen) atoms. The molecule has 3 rings (SSSR count). The van der Waals surface area contributed by atoms with Gasteiger partial charge in [-0.3, -0.25) is 0 Å². The third-order valence-corrected chi connectivity index (χ3v) is 5.96. The highest BCUT2D eigenvalue weighted by molar-refractivity contribution is 7.89. The van der Waals surface area contributed by atoms with Crippen molar-refractivity contribution in [3.05, 3.63) is 53.7 Å². The van der Waals surface area contributed by atoms with Crippen molar-refractivity contribution in [1.29, 1.82) is 5.26 Å². The van der Waals surface area contributed by atoms with Crippen LogP contribution in [0.3, 0.4) is 0 Å². The van der Waals surface area contributed by atoms with Crippen molar-refractivity contribution in [2.45, 2.75) is 11.8 Å². The summed E-state index contributed by atoms with van der Waals surface area (Å²) in [5.41, 5.74) is 1.44. The van der Waals surface area contributed by atoms with Crippen molar-refractivity contribution in [2.24, 2.45) is 0 Å². The van der Waals surface area contributed by atoms with E-state index in [1.807, 2.05) is 24.0 Å². The minimum atomic E-state index is -3.46. The van der Waals surface area contributed by atoms with Gasteiger partial charge in [0.25, 0.3) is 0 Å². The zero-order valence-corrected chi connectivity index (χ0v) is 14.2. The van der Waals surface area contributed by atoms with E-state index in [2.05, 4.69) is 4.98 Å². The van der Waals surface area contributed by atoms with E-state index in [1.54, 1.807) is 30.3 Å². The predicted molar refractivity (Wildman–Crippen MR) is 91.1 cm³/mol. The number of hydrogen-bond donors (Lipinski definition) is 0. The summed E-state index contributed by atoms with van der Waals surface area (Å²) in [4.78, 5) is 6.64. The molecular formula is C17H18N4O2S. The second kappa shape index (κ2) is 6.59. The van der Waals surface area contributed by atoms with Gasteiger partial charge in [0.05, 0.1) is 10.5 Å². The molecule has 2 aromatic rings. The monoisotopic (exact) mass is 342 g/mol. The van der Waals surface area contributed by atoms with E-state index in [0.717, 1.165) is 11.4 Å². The molecule has 0 radical (unpaired) electrons.